The van der Waals surface area contributed by atoms with Gasteiger partial charge in [0.1, 0.15) is 6.54 Å². The maximum atomic E-state index is 5.92. The first-order valence-electron chi connectivity index (χ1n) is 7.12. The summed E-state index contributed by atoms with van der Waals surface area (Å²) in [6.07, 6.45) is 3.92. The van der Waals surface area contributed by atoms with Crippen LogP contribution in [0.2, 0.25) is 5.02 Å². The molecule has 0 saturated carbocycles. The summed E-state index contributed by atoms with van der Waals surface area (Å²) in [6, 6.07) is 8.28. The lowest BCUT2D eigenvalue weighted by molar-refractivity contribution is -0.942. The van der Waals surface area contributed by atoms with E-state index in [2.05, 4.69) is 22.4 Å². The van der Waals surface area contributed by atoms with Crippen molar-refractivity contribution in [1.82, 2.24) is 20.2 Å². The van der Waals surface area contributed by atoms with Gasteiger partial charge in [-0.2, -0.15) is 4.68 Å². The molecule has 5 nitrogen and oxygen atoms in total. The van der Waals surface area contributed by atoms with Crippen LogP contribution in [0.15, 0.2) is 24.3 Å². The van der Waals surface area contributed by atoms with Crippen molar-refractivity contribution >= 4 is 11.6 Å². The Morgan fingerprint density at radius 1 is 1.30 bits per heavy atom. The number of piperidine rings is 1. The molecule has 1 saturated heterocycles. The Bertz CT molecular complexity index is 565. The Labute approximate surface area is 123 Å². The second-order valence-corrected chi connectivity index (χ2v) is 5.90. The van der Waals surface area contributed by atoms with Crippen molar-refractivity contribution in [3.63, 3.8) is 0 Å². The number of halogens is 1. The van der Waals surface area contributed by atoms with E-state index in [1.54, 1.807) is 4.90 Å². The summed E-state index contributed by atoms with van der Waals surface area (Å²) >= 11 is 5.92. The van der Waals surface area contributed by atoms with Crippen LogP contribution in [0.3, 0.4) is 0 Å². The number of likely N-dealkylation sites (tertiary alicyclic amines) is 1. The lowest BCUT2D eigenvalue weighted by Crippen LogP contribution is -3.15. The summed E-state index contributed by atoms with van der Waals surface area (Å²) in [5, 5.41) is 12.8. The zero-order valence-corrected chi connectivity index (χ0v) is 12.3. The number of quaternary nitrogens is 1. The maximum Gasteiger partial charge on any atom is 0.210 e. The summed E-state index contributed by atoms with van der Waals surface area (Å²) in [5.41, 5.74) is 0.957. The predicted octanol–water partition coefficient (Wildman–Crippen LogP) is 1.27. The topological polar surface area (TPSA) is 48.0 Å². The van der Waals surface area contributed by atoms with Gasteiger partial charge in [0.25, 0.3) is 0 Å². The molecule has 2 aromatic rings. The van der Waals surface area contributed by atoms with Crippen LogP contribution in [0.4, 0.5) is 0 Å². The highest BCUT2D eigenvalue weighted by Gasteiger charge is 2.24. The van der Waals surface area contributed by atoms with E-state index in [0.29, 0.717) is 6.04 Å². The average Bonchev–Trinajstić information content (AvgIpc) is 2.90. The number of hydrogen-bond acceptors (Lipinski definition) is 3. The summed E-state index contributed by atoms with van der Waals surface area (Å²) in [4.78, 5) is 1.57. The van der Waals surface area contributed by atoms with Gasteiger partial charge in [-0.05, 0) is 60.9 Å². The number of tetrazole rings is 1. The molecule has 6 heteroatoms. The first kappa shape index (κ1) is 13.5. The normalized spacial score (nSPS) is 22.9. The Balaban J connectivity index is 1.81. The standard InChI is InChI=1S/C14H18ClN5/c1-11-4-2-3-9-19(11)10-14-16-17-18-20(14)13-7-5-12(15)6-8-13/h5-8,11H,2-4,9-10H2,1H3/p+1/t11-/m0/s1. The highest BCUT2D eigenvalue weighted by Crippen LogP contribution is 2.13. The molecular weight excluding hydrogens is 274 g/mol. The fraction of sp³-hybridized carbons (Fsp3) is 0.500. The van der Waals surface area contributed by atoms with Crippen LogP contribution in [0.1, 0.15) is 32.0 Å². The molecule has 20 heavy (non-hydrogen) atoms. The molecule has 0 amide bonds. The van der Waals surface area contributed by atoms with E-state index < -0.39 is 0 Å². The van der Waals surface area contributed by atoms with Crippen LogP contribution in [-0.2, 0) is 6.54 Å². The van der Waals surface area contributed by atoms with Crippen molar-refractivity contribution in [3.8, 4) is 5.69 Å². The van der Waals surface area contributed by atoms with E-state index in [1.807, 2.05) is 28.9 Å². The van der Waals surface area contributed by atoms with E-state index in [-0.39, 0.29) is 0 Å². The molecule has 0 radical (unpaired) electrons. The molecule has 1 aromatic heterocycles. The number of nitrogens with one attached hydrogen (secondary N) is 1. The fourth-order valence-corrected chi connectivity index (χ4v) is 2.94. The zero-order chi connectivity index (χ0) is 13.9. The van der Waals surface area contributed by atoms with E-state index in [4.69, 9.17) is 11.6 Å². The second-order valence-electron chi connectivity index (χ2n) is 5.47. The second kappa shape index (κ2) is 5.89. The van der Waals surface area contributed by atoms with Gasteiger partial charge in [0.15, 0.2) is 0 Å². The molecule has 1 aliphatic heterocycles. The molecule has 1 aromatic carbocycles. The smallest absolute Gasteiger partial charge is 0.210 e. The van der Waals surface area contributed by atoms with E-state index in [9.17, 15) is 0 Å². The molecule has 1 aliphatic rings. The molecule has 1 unspecified atom stereocenters. The third kappa shape index (κ3) is 2.83. The minimum absolute atomic E-state index is 0.680. The Hall–Kier alpha value is -1.46. The van der Waals surface area contributed by atoms with Gasteiger partial charge in [0.2, 0.25) is 5.82 Å². The number of rotatable bonds is 3. The third-order valence-corrected chi connectivity index (χ3v) is 4.32. The Morgan fingerprint density at radius 2 is 2.10 bits per heavy atom. The fourth-order valence-electron chi connectivity index (χ4n) is 2.82. The van der Waals surface area contributed by atoms with E-state index in [1.165, 1.54) is 25.8 Å². The Morgan fingerprint density at radius 3 is 2.85 bits per heavy atom. The third-order valence-electron chi connectivity index (χ3n) is 4.07. The molecule has 0 bridgehead atoms. The van der Waals surface area contributed by atoms with Crippen LogP contribution in [0, 0.1) is 0 Å². The molecule has 3 rings (SSSR count). The van der Waals surface area contributed by atoms with Crippen molar-refractivity contribution in [3.05, 3.63) is 35.1 Å². The quantitative estimate of drug-likeness (QED) is 0.927. The molecule has 2 heterocycles. The monoisotopic (exact) mass is 292 g/mol. The Kier molecular flexibility index (Phi) is 3.98. The SMILES string of the molecule is C[C@H]1CCCC[NH+]1Cc1nnnn1-c1ccc(Cl)cc1. The average molecular weight is 293 g/mol. The van der Waals surface area contributed by atoms with Crippen LogP contribution in [-0.4, -0.2) is 32.8 Å². The lowest BCUT2D eigenvalue weighted by atomic mass is 10.0. The van der Waals surface area contributed by atoms with Gasteiger partial charge in [-0.1, -0.05) is 11.6 Å². The largest absolute Gasteiger partial charge is 0.326 e. The van der Waals surface area contributed by atoms with Crippen LogP contribution in [0.25, 0.3) is 5.69 Å². The van der Waals surface area contributed by atoms with Gasteiger partial charge in [-0.25, -0.2) is 0 Å². The van der Waals surface area contributed by atoms with Gasteiger partial charge < -0.3 is 4.90 Å². The van der Waals surface area contributed by atoms with Gasteiger partial charge in [0, 0.05) is 5.02 Å². The van der Waals surface area contributed by atoms with Crippen LogP contribution < -0.4 is 4.90 Å². The number of nitrogens with zero attached hydrogens (tertiary/aromatic N) is 4. The summed E-state index contributed by atoms with van der Waals surface area (Å²) < 4.78 is 1.81. The maximum absolute atomic E-state index is 5.92. The molecule has 1 N–H and O–H groups in total. The first-order valence-corrected chi connectivity index (χ1v) is 7.49. The van der Waals surface area contributed by atoms with Crippen LogP contribution in [0.5, 0.6) is 0 Å². The highest BCUT2D eigenvalue weighted by molar-refractivity contribution is 6.30. The van der Waals surface area contributed by atoms with Crippen molar-refractivity contribution in [2.24, 2.45) is 0 Å². The minimum Gasteiger partial charge on any atom is -0.326 e. The molecule has 0 aliphatic carbocycles. The van der Waals surface area contributed by atoms with E-state index >= 15 is 0 Å². The highest BCUT2D eigenvalue weighted by atomic mass is 35.5. The van der Waals surface area contributed by atoms with Crippen LogP contribution >= 0.6 is 11.6 Å². The number of aromatic nitrogens is 4. The van der Waals surface area contributed by atoms with Crippen molar-refractivity contribution in [2.45, 2.75) is 38.8 Å². The van der Waals surface area contributed by atoms with E-state index in [0.717, 1.165) is 23.1 Å². The van der Waals surface area contributed by atoms with Gasteiger partial charge in [-0.3, -0.25) is 0 Å². The minimum atomic E-state index is 0.680. The molecule has 106 valence electrons. The van der Waals surface area contributed by atoms with Gasteiger partial charge >= 0.3 is 0 Å². The van der Waals surface area contributed by atoms with Crippen molar-refractivity contribution in [1.29, 1.82) is 0 Å². The molecule has 1 fully saturated rings. The summed E-state index contributed by atoms with van der Waals surface area (Å²) in [7, 11) is 0. The number of hydrogen-bond donors (Lipinski definition) is 1. The molecule has 0 spiro atoms. The number of benzene rings is 1. The molecule has 2 atom stereocenters. The summed E-state index contributed by atoms with van der Waals surface area (Å²) in [6.45, 7) is 4.39. The zero-order valence-electron chi connectivity index (χ0n) is 11.6. The van der Waals surface area contributed by atoms with Crippen molar-refractivity contribution < 1.29 is 4.90 Å². The van der Waals surface area contributed by atoms with Gasteiger partial charge in [-0.15, -0.1) is 5.10 Å². The predicted molar refractivity (Wildman–Crippen MR) is 77.0 cm³/mol. The summed E-state index contributed by atoms with van der Waals surface area (Å²) in [5.74, 6) is 0.913. The van der Waals surface area contributed by atoms with Gasteiger partial charge in [0.05, 0.1) is 18.3 Å². The first-order chi connectivity index (χ1) is 9.74. The molecular formula is C14H19ClN5+. The lowest BCUT2D eigenvalue weighted by Gasteiger charge is -2.29. The van der Waals surface area contributed by atoms with Crippen molar-refractivity contribution in [2.75, 3.05) is 6.54 Å².